The van der Waals surface area contributed by atoms with Crippen molar-refractivity contribution in [2.24, 2.45) is 0 Å². The Kier molecular flexibility index (Phi) is 4.75. The van der Waals surface area contributed by atoms with E-state index in [1.807, 2.05) is 0 Å². The Morgan fingerprint density at radius 3 is 2.58 bits per heavy atom. The number of rotatable bonds is 4. The number of hydrogen-bond donors (Lipinski definition) is 0. The molecule has 0 saturated heterocycles. The highest BCUT2D eigenvalue weighted by Crippen LogP contribution is 2.25. The fourth-order valence-corrected chi connectivity index (χ4v) is 2.76. The number of nitrogens with zero attached hydrogens (tertiary/aromatic N) is 1. The molecule has 1 amide bonds. The van der Waals surface area contributed by atoms with Crippen LogP contribution >= 0.6 is 11.6 Å². The highest BCUT2D eigenvalue weighted by atomic mass is 35.5. The van der Waals surface area contributed by atoms with E-state index in [1.165, 1.54) is 6.07 Å². The van der Waals surface area contributed by atoms with Crippen molar-refractivity contribution >= 4 is 17.5 Å². The van der Waals surface area contributed by atoms with Gasteiger partial charge < -0.3 is 4.90 Å². The Morgan fingerprint density at radius 2 is 2.00 bits per heavy atom. The Morgan fingerprint density at radius 1 is 1.32 bits per heavy atom. The number of carbonyl (C=O) groups is 1. The Balaban J connectivity index is 2.22. The lowest BCUT2D eigenvalue weighted by molar-refractivity contribution is 0.0690. The zero-order valence-corrected chi connectivity index (χ0v) is 11.3. The van der Waals surface area contributed by atoms with E-state index in [2.05, 4.69) is 0 Å². The van der Waals surface area contributed by atoms with E-state index in [0.29, 0.717) is 12.4 Å². The summed E-state index contributed by atoms with van der Waals surface area (Å²) in [6, 6.07) is 3.16. The monoisotopic (exact) mass is 287 g/mol. The van der Waals surface area contributed by atoms with Gasteiger partial charge in [0.05, 0.1) is 5.56 Å². The standard InChI is InChI=1S/C14H16ClF2NO/c15-7-8-18(11-3-1-2-4-11)14(19)12-6-5-10(16)9-13(12)17/h5-6,9,11H,1-4,7-8H2. The molecule has 1 fully saturated rings. The van der Waals surface area contributed by atoms with E-state index < -0.39 is 17.5 Å². The van der Waals surface area contributed by atoms with Gasteiger partial charge in [-0.15, -0.1) is 11.6 Å². The second kappa shape index (κ2) is 6.33. The van der Waals surface area contributed by atoms with E-state index in [9.17, 15) is 13.6 Å². The summed E-state index contributed by atoms with van der Waals surface area (Å²) in [6.07, 6.45) is 3.99. The normalized spacial score (nSPS) is 15.7. The molecular weight excluding hydrogens is 272 g/mol. The maximum atomic E-state index is 13.7. The summed E-state index contributed by atoms with van der Waals surface area (Å²) >= 11 is 5.72. The third-order valence-corrected chi connectivity index (χ3v) is 3.68. The number of halogens is 3. The summed E-state index contributed by atoms with van der Waals surface area (Å²) in [5, 5.41) is 0. The highest BCUT2D eigenvalue weighted by Gasteiger charge is 2.28. The predicted molar refractivity (Wildman–Crippen MR) is 70.4 cm³/mol. The molecule has 0 aromatic heterocycles. The van der Waals surface area contributed by atoms with Gasteiger partial charge in [-0.25, -0.2) is 8.78 Å². The topological polar surface area (TPSA) is 20.3 Å². The molecular formula is C14H16ClF2NO. The number of benzene rings is 1. The highest BCUT2D eigenvalue weighted by molar-refractivity contribution is 6.18. The molecule has 0 aliphatic heterocycles. The second-order valence-corrected chi connectivity index (χ2v) is 5.13. The van der Waals surface area contributed by atoms with Gasteiger partial charge in [0.15, 0.2) is 0 Å². The third-order valence-electron chi connectivity index (χ3n) is 3.51. The average Bonchev–Trinajstić information content (AvgIpc) is 2.89. The average molecular weight is 288 g/mol. The van der Waals surface area contributed by atoms with E-state index in [1.54, 1.807) is 4.90 Å². The van der Waals surface area contributed by atoms with Crippen molar-refractivity contribution in [3.05, 3.63) is 35.4 Å². The first-order valence-electron chi connectivity index (χ1n) is 6.45. The smallest absolute Gasteiger partial charge is 0.257 e. The second-order valence-electron chi connectivity index (χ2n) is 4.75. The van der Waals surface area contributed by atoms with Crippen LogP contribution in [0.5, 0.6) is 0 Å². The molecule has 5 heteroatoms. The molecule has 2 nitrogen and oxygen atoms in total. The molecule has 0 unspecified atom stereocenters. The van der Waals surface area contributed by atoms with Crippen LogP contribution in [0.25, 0.3) is 0 Å². The predicted octanol–water partition coefficient (Wildman–Crippen LogP) is 3.59. The largest absolute Gasteiger partial charge is 0.334 e. The molecule has 0 radical (unpaired) electrons. The van der Waals surface area contributed by atoms with Crippen LogP contribution < -0.4 is 0 Å². The van der Waals surface area contributed by atoms with Crippen LogP contribution in [0.15, 0.2) is 18.2 Å². The van der Waals surface area contributed by atoms with Crippen molar-refractivity contribution in [3.63, 3.8) is 0 Å². The van der Waals surface area contributed by atoms with Gasteiger partial charge in [0.1, 0.15) is 11.6 Å². The van der Waals surface area contributed by atoms with Gasteiger partial charge in [-0.05, 0) is 25.0 Å². The van der Waals surface area contributed by atoms with Gasteiger partial charge in [0.2, 0.25) is 0 Å². The van der Waals surface area contributed by atoms with E-state index in [0.717, 1.165) is 37.8 Å². The van der Waals surface area contributed by atoms with Gasteiger partial charge in [-0.3, -0.25) is 4.79 Å². The SMILES string of the molecule is O=C(c1ccc(F)cc1F)N(CCCl)C1CCCC1. The lowest BCUT2D eigenvalue weighted by atomic mass is 10.1. The van der Waals surface area contributed by atoms with Gasteiger partial charge in [0, 0.05) is 24.5 Å². The Hall–Kier alpha value is -1.16. The lowest BCUT2D eigenvalue weighted by Crippen LogP contribution is -2.40. The molecule has 1 saturated carbocycles. The number of alkyl halides is 1. The molecule has 1 aliphatic rings. The number of hydrogen-bond acceptors (Lipinski definition) is 1. The van der Waals surface area contributed by atoms with Crippen LogP contribution in [0.2, 0.25) is 0 Å². The molecule has 104 valence electrons. The quantitative estimate of drug-likeness (QED) is 0.775. The zero-order chi connectivity index (χ0) is 13.8. The van der Waals surface area contributed by atoms with Crippen molar-refractivity contribution in [1.82, 2.24) is 4.90 Å². The minimum Gasteiger partial charge on any atom is -0.334 e. The number of carbonyl (C=O) groups excluding carboxylic acids is 1. The summed E-state index contributed by atoms with van der Waals surface area (Å²) in [7, 11) is 0. The van der Waals surface area contributed by atoms with Gasteiger partial charge >= 0.3 is 0 Å². The van der Waals surface area contributed by atoms with Crippen molar-refractivity contribution in [2.75, 3.05) is 12.4 Å². The summed E-state index contributed by atoms with van der Waals surface area (Å²) in [6.45, 7) is 0.391. The van der Waals surface area contributed by atoms with Gasteiger partial charge in [-0.2, -0.15) is 0 Å². The fraction of sp³-hybridized carbons (Fsp3) is 0.500. The molecule has 2 rings (SSSR count). The fourth-order valence-electron chi connectivity index (χ4n) is 2.57. The van der Waals surface area contributed by atoms with Crippen molar-refractivity contribution in [1.29, 1.82) is 0 Å². The molecule has 0 bridgehead atoms. The first-order chi connectivity index (χ1) is 9.13. The maximum absolute atomic E-state index is 13.7. The minimum atomic E-state index is -0.817. The van der Waals surface area contributed by atoms with E-state index in [-0.39, 0.29) is 11.6 Å². The van der Waals surface area contributed by atoms with Gasteiger partial charge in [0.25, 0.3) is 5.91 Å². The van der Waals surface area contributed by atoms with E-state index >= 15 is 0 Å². The van der Waals surface area contributed by atoms with Crippen LogP contribution in [0, 0.1) is 11.6 Å². The minimum absolute atomic E-state index is 0.0848. The molecule has 0 spiro atoms. The van der Waals surface area contributed by atoms with Crippen molar-refractivity contribution < 1.29 is 13.6 Å². The van der Waals surface area contributed by atoms with Crippen LogP contribution in [0.4, 0.5) is 8.78 Å². The van der Waals surface area contributed by atoms with Crippen LogP contribution in [0.3, 0.4) is 0 Å². The summed E-state index contributed by atoms with van der Waals surface area (Å²) in [4.78, 5) is 14.0. The molecule has 0 atom stereocenters. The summed E-state index contributed by atoms with van der Waals surface area (Å²) in [5.74, 6) is -1.59. The molecule has 0 heterocycles. The summed E-state index contributed by atoms with van der Waals surface area (Å²) in [5.41, 5.74) is -0.0848. The summed E-state index contributed by atoms with van der Waals surface area (Å²) < 4.78 is 26.5. The maximum Gasteiger partial charge on any atom is 0.257 e. The molecule has 1 aromatic carbocycles. The van der Waals surface area contributed by atoms with E-state index in [4.69, 9.17) is 11.6 Å². The first-order valence-corrected chi connectivity index (χ1v) is 6.99. The molecule has 1 aromatic rings. The van der Waals surface area contributed by atoms with Crippen molar-refractivity contribution in [3.8, 4) is 0 Å². The van der Waals surface area contributed by atoms with Crippen LogP contribution in [-0.2, 0) is 0 Å². The molecule has 1 aliphatic carbocycles. The van der Waals surface area contributed by atoms with Crippen molar-refractivity contribution in [2.45, 2.75) is 31.7 Å². The van der Waals surface area contributed by atoms with Gasteiger partial charge in [-0.1, -0.05) is 12.8 Å². The van der Waals surface area contributed by atoms with Crippen LogP contribution in [0.1, 0.15) is 36.0 Å². The molecule has 0 N–H and O–H groups in total. The molecule has 19 heavy (non-hydrogen) atoms. The first kappa shape index (κ1) is 14.3. The lowest BCUT2D eigenvalue weighted by Gasteiger charge is -2.28. The Bertz CT molecular complexity index is 461. The third kappa shape index (κ3) is 3.24. The number of amides is 1. The zero-order valence-electron chi connectivity index (χ0n) is 10.5. The Labute approximate surface area is 116 Å². The van der Waals surface area contributed by atoms with Crippen LogP contribution in [-0.4, -0.2) is 29.3 Å².